The molecule has 0 aliphatic carbocycles. The molecule has 0 fully saturated rings. The van der Waals surface area contributed by atoms with Crippen LogP contribution in [0.25, 0.3) is 0 Å². The van der Waals surface area contributed by atoms with Gasteiger partial charge in [0.05, 0.1) is 21.6 Å². The fourth-order valence-electron chi connectivity index (χ4n) is 1.81. The maximum absolute atomic E-state index is 11.2. The van der Waals surface area contributed by atoms with Crippen LogP contribution in [0.1, 0.15) is 15.2 Å². The third-order valence-electron chi connectivity index (χ3n) is 2.68. The minimum absolute atomic E-state index is 0.220. The molecule has 0 radical (unpaired) electrons. The fraction of sp³-hybridized carbons (Fsp3) is 0.154. The summed E-state index contributed by atoms with van der Waals surface area (Å²) in [6.07, 6.45) is 0. The largest absolute Gasteiger partial charge is 0.478 e. The molecule has 0 aliphatic rings. The van der Waals surface area contributed by atoms with E-state index in [4.69, 9.17) is 5.73 Å². The number of nitrogens with two attached hydrogens (primary N) is 1. The van der Waals surface area contributed by atoms with Crippen LogP contribution in [-0.4, -0.2) is 18.1 Å². The molecule has 0 spiro atoms. The Bertz CT molecular complexity index is 612. The second kappa shape index (κ2) is 5.63. The highest BCUT2D eigenvalue weighted by Gasteiger charge is 2.14. The average molecular weight is 341 g/mol. The summed E-state index contributed by atoms with van der Waals surface area (Å²) >= 11 is 5.05. The Morgan fingerprint density at radius 3 is 2.74 bits per heavy atom. The van der Waals surface area contributed by atoms with Crippen molar-refractivity contribution in [2.75, 3.05) is 17.7 Å². The van der Waals surface area contributed by atoms with E-state index in [0.717, 1.165) is 8.66 Å². The molecule has 0 saturated carbocycles. The first-order valence-corrected chi connectivity index (χ1v) is 7.16. The summed E-state index contributed by atoms with van der Waals surface area (Å²) in [6.45, 7) is 0.653. The van der Waals surface area contributed by atoms with Crippen LogP contribution in [0.15, 0.2) is 34.1 Å². The standard InChI is InChI=1S/C13H13BrN2O2S/c1-16(7-9-3-5-12(14)19-9)11-4-2-8(15)6-10(11)13(17)18/h2-6H,7,15H2,1H3,(H,17,18). The van der Waals surface area contributed by atoms with Crippen molar-refractivity contribution in [1.29, 1.82) is 0 Å². The molecule has 2 rings (SSSR count). The van der Waals surface area contributed by atoms with Crippen LogP contribution in [-0.2, 0) is 6.54 Å². The van der Waals surface area contributed by atoms with E-state index < -0.39 is 5.97 Å². The Kier molecular flexibility index (Phi) is 4.11. The molecule has 3 N–H and O–H groups in total. The minimum atomic E-state index is -0.971. The van der Waals surface area contributed by atoms with Crippen molar-refractivity contribution in [1.82, 2.24) is 0 Å². The molecular weight excluding hydrogens is 328 g/mol. The van der Waals surface area contributed by atoms with Crippen LogP contribution in [0.3, 0.4) is 0 Å². The van der Waals surface area contributed by atoms with Crippen molar-refractivity contribution < 1.29 is 9.90 Å². The molecule has 6 heteroatoms. The van der Waals surface area contributed by atoms with E-state index in [1.807, 2.05) is 24.1 Å². The summed E-state index contributed by atoms with van der Waals surface area (Å²) in [7, 11) is 1.87. The number of aromatic carboxylic acids is 1. The molecule has 1 aromatic carbocycles. The molecule has 2 aromatic rings. The maximum atomic E-state index is 11.2. The molecular formula is C13H13BrN2O2S. The second-order valence-corrected chi connectivity index (χ2v) is 6.69. The lowest BCUT2D eigenvalue weighted by atomic mass is 10.1. The molecule has 0 atom stereocenters. The van der Waals surface area contributed by atoms with E-state index in [9.17, 15) is 9.90 Å². The zero-order valence-electron chi connectivity index (χ0n) is 10.3. The molecule has 1 aromatic heterocycles. The number of anilines is 2. The first kappa shape index (κ1) is 13.9. The van der Waals surface area contributed by atoms with Gasteiger partial charge in [-0.1, -0.05) is 0 Å². The van der Waals surface area contributed by atoms with Gasteiger partial charge in [-0.3, -0.25) is 0 Å². The Morgan fingerprint density at radius 1 is 1.42 bits per heavy atom. The molecule has 0 bridgehead atoms. The Balaban J connectivity index is 2.28. The van der Waals surface area contributed by atoms with Crippen molar-refractivity contribution >= 4 is 44.6 Å². The summed E-state index contributed by atoms with van der Waals surface area (Å²) in [5.41, 5.74) is 6.97. The number of halogens is 1. The fourth-order valence-corrected chi connectivity index (χ4v) is 3.35. The predicted octanol–water partition coefficient (Wildman–Crippen LogP) is 3.43. The van der Waals surface area contributed by atoms with Gasteiger partial charge in [-0.2, -0.15) is 0 Å². The first-order chi connectivity index (χ1) is 8.97. The Labute approximate surface area is 123 Å². The number of rotatable bonds is 4. The molecule has 1 heterocycles. The van der Waals surface area contributed by atoms with Gasteiger partial charge in [-0.05, 0) is 46.3 Å². The predicted molar refractivity (Wildman–Crippen MR) is 81.9 cm³/mol. The number of carboxylic acid groups (broad SMARTS) is 1. The van der Waals surface area contributed by atoms with Crippen LogP contribution >= 0.6 is 27.3 Å². The lowest BCUT2D eigenvalue weighted by molar-refractivity contribution is 0.0697. The van der Waals surface area contributed by atoms with E-state index in [0.29, 0.717) is 17.9 Å². The number of thiophene rings is 1. The average Bonchev–Trinajstić information content (AvgIpc) is 2.74. The monoisotopic (exact) mass is 340 g/mol. The normalized spacial score (nSPS) is 10.4. The molecule has 19 heavy (non-hydrogen) atoms. The highest BCUT2D eigenvalue weighted by atomic mass is 79.9. The number of benzene rings is 1. The smallest absolute Gasteiger partial charge is 0.337 e. The molecule has 0 amide bonds. The highest BCUT2D eigenvalue weighted by molar-refractivity contribution is 9.11. The number of hydrogen-bond acceptors (Lipinski definition) is 4. The van der Waals surface area contributed by atoms with Gasteiger partial charge in [-0.25, -0.2) is 4.79 Å². The van der Waals surface area contributed by atoms with Gasteiger partial charge in [0.1, 0.15) is 0 Å². The van der Waals surface area contributed by atoms with Crippen molar-refractivity contribution in [2.24, 2.45) is 0 Å². The molecule has 4 nitrogen and oxygen atoms in total. The Hall–Kier alpha value is -1.53. The number of carbonyl (C=O) groups is 1. The minimum Gasteiger partial charge on any atom is -0.478 e. The maximum Gasteiger partial charge on any atom is 0.337 e. The van der Waals surface area contributed by atoms with Gasteiger partial charge in [0.15, 0.2) is 0 Å². The highest BCUT2D eigenvalue weighted by Crippen LogP contribution is 2.27. The van der Waals surface area contributed by atoms with Crippen LogP contribution in [0.5, 0.6) is 0 Å². The third-order valence-corrected chi connectivity index (χ3v) is 4.29. The lowest BCUT2D eigenvalue weighted by Crippen LogP contribution is -2.19. The number of nitrogens with zero attached hydrogens (tertiary/aromatic N) is 1. The van der Waals surface area contributed by atoms with Gasteiger partial charge in [0.25, 0.3) is 0 Å². The first-order valence-electron chi connectivity index (χ1n) is 5.55. The van der Waals surface area contributed by atoms with Crippen LogP contribution in [0.2, 0.25) is 0 Å². The number of nitrogen functional groups attached to an aromatic ring is 1. The summed E-state index contributed by atoms with van der Waals surface area (Å²) < 4.78 is 1.06. The van der Waals surface area contributed by atoms with E-state index in [1.54, 1.807) is 23.5 Å². The summed E-state index contributed by atoms with van der Waals surface area (Å²) in [4.78, 5) is 14.3. The molecule has 0 aliphatic heterocycles. The van der Waals surface area contributed by atoms with Crippen LogP contribution < -0.4 is 10.6 Å². The van der Waals surface area contributed by atoms with Gasteiger partial charge < -0.3 is 15.7 Å². The zero-order chi connectivity index (χ0) is 14.0. The van der Waals surface area contributed by atoms with Gasteiger partial charge >= 0.3 is 5.97 Å². The SMILES string of the molecule is CN(Cc1ccc(Br)s1)c1ccc(N)cc1C(=O)O. The van der Waals surface area contributed by atoms with E-state index >= 15 is 0 Å². The molecule has 100 valence electrons. The quantitative estimate of drug-likeness (QED) is 0.836. The van der Waals surface area contributed by atoms with Crippen molar-refractivity contribution in [3.63, 3.8) is 0 Å². The molecule has 0 unspecified atom stereocenters. The number of carboxylic acids is 1. The number of hydrogen-bond donors (Lipinski definition) is 2. The van der Waals surface area contributed by atoms with Crippen molar-refractivity contribution in [3.8, 4) is 0 Å². The van der Waals surface area contributed by atoms with E-state index in [1.165, 1.54) is 6.07 Å². The second-order valence-electron chi connectivity index (χ2n) is 4.14. The van der Waals surface area contributed by atoms with Gasteiger partial charge in [0, 0.05) is 17.6 Å². The summed E-state index contributed by atoms with van der Waals surface area (Å²) in [5.74, 6) is -0.971. The van der Waals surface area contributed by atoms with Crippen molar-refractivity contribution in [2.45, 2.75) is 6.54 Å². The van der Waals surface area contributed by atoms with E-state index in [2.05, 4.69) is 15.9 Å². The van der Waals surface area contributed by atoms with Crippen LogP contribution in [0.4, 0.5) is 11.4 Å². The lowest BCUT2D eigenvalue weighted by Gasteiger charge is -2.20. The molecule has 0 saturated heterocycles. The Morgan fingerprint density at radius 2 is 2.16 bits per heavy atom. The van der Waals surface area contributed by atoms with Gasteiger partial charge in [-0.15, -0.1) is 11.3 Å². The summed E-state index contributed by atoms with van der Waals surface area (Å²) in [6, 6.07) is 8.93. The third kappa shape index (κ3) is 3.27. The van der Waals surface area contributed by atoms with Gasteiger partial charge in [0.2, 0.25) is 0 Å². The zero-order valence-corrected chi connectivity index (χ0v) is 12.7. The topological polar surface area (TPSA) is 66.6 Å². The van der Waals surface area contributed by atoms with Crippen LogP contribution in [0, 0.1) is 0 Å². The summed E-state index contributed by atoms with van der Waals surface area (Å²) in [5, 5.41) is 9.22. The van der Waals surface area contributed by atoms with E-state index in [-0.39, 0.29) is 5.56 Å². The van der Waals surface area contributed by atoms with Crippen molar-refractivity contribution in [3.05, 3.63) is 44.6 Å².